The molecule has 0 atom stereocenters. The summed E-state index contributed by atoms with van der Waals surface area (Å²) in [6.45, 7) is 6.63. The van der Waals surface area contributed by atoms with Gasteiger partial charge in [0.2, 0.25) is 0 Å². The van der Waals surface area contributed by atoms with Gasteiger partial charge in [-0.1, -0.05) is 120 Å². The standard InChI is InChI=1S/C24H43N/c1-3-4-5-6-7-8-9-10-11-12-13-14-15-16-20-25-22-24-19-17-18-23(2)21-24/h17-19,21,25H,3-16,20,22H2,1-2H3. The summed E-state index contributed by atoms with van der Waals surface area (Å²) in [5.74, 6) is 0. The minimum absolute atomic E-state index is 1.01. The predicted octanol–water partition coefficient (Wildman–Crippen LogP) is 7.57. The van der Waals surface area contributed by atoms with E-state index in [2.05, 4.69) is 43.4 Å². The highest BCUT2D eigenvalue weighted by atomic mass is 14.8. The summed E-state index contributed by atoms with van der Waals surface area (Å²) in [6.07, 6.45) is 20.1. The molecule has 0 aliphatic rings. The molecule has 144 valence electrons. The largest absolute Gasteiger partial charge is 0.313 e. The van der Waals surface area contributed by atoms with Gasteiger partial charge >= 0.3 is 0 Å². The SMILES string of the molecule is CCCCCCCCCCCCCCCCNCc1cccc(C)c1. The molecule has 0 radical (unpaired) electrons. The zero-order chi connectivity index (χ0) is 18.0. The van der Waals surface area contributed by atoms with Crippen LogP contribution in [0, 0.1) is 6.92 Å². The molecule has 0 fully saturated rings. The van der Waals surface area contributed by atoms with E-state index in [1.807, 2.05) is 0 Å². The summed E-state index contributed by atoms with van der Waals surface area (Å²) in [4.78, 5) is 0. The Morgan fingerprint density at radius 2 is 1.20 bits per heavy atom. The number of aryl methyl sites for hydroxylation is 1. The Bertz CT molecular complexity index is 399. The van der Waals surface area contributed by atoms with Crippen molar-refractivity contribution in [2.75, 3.05) is 6.54 Å². The Balaban J connectivity index is 1.75. The molecule has 0 bridgehead atoms. The van der Waals surface area contributed by atoms with Crippen molar-refractivity contribution in [1.29, 1.82) is 0 Å². The highest BCUT2D eigenvalue weighted by molar-refractivity contribution is 5.21. The molecule has 0 aliphatic carbocycles. The Morgan fingerprint density at radius 1 is 0.680 bits per heavy atom. The summed E-state index contributed by atoms with van der Waals surface area (Å²) >= 11 is 0. The number of nitrogens with one attached hydrogen (secondary N) is 1. The second kappa shape index (κ2) is 16.6. The van der Waals surface area contributed by atoms with Crippen molar-refractivity contribution in [3.8, 4) is 0 Å². The summed E-state index contributed by atoms with van der Waals surface area (Å²) in [5, 5.41) is 3.57. The lowest BCUT2D eigenvalue weighted by molar-refractivity contribution is 0.529. The third kappa shape index (κ3) is 14.1. The van der Waals surface area contributed by atoms with Crippen LogP contribution in [0.4, 0.5) is 0 Å². The van der Waals surface area contributed by atoms with Gasteiger partial charge in [0.15, 0.2) is 0 Å². The van der Waals surface area contributed by atoms with Crippen LogP contribution in [0.2, 0.25) is 0 Å². The molecule has 0 saturated heterocycles. The average Bonchev–Trinajstić information content (AvgIpc) is 2.61. The van der Waals surface area contributed by atoms with Gasteiger partial charge < -0.3 is 5.32 Å². The first-order valence-electron chi connectivity index (χ1n) is 11.1. The fourth-order valence-electron chi connectivity index (χ4n) is 3.50. The fourth-order valence-corrected chi connectivity index (χ4v) is 3.50. The Labute approximate surface area is 158 Å². The summed E-state index contributed by atoms with van der Waals surface area (Å²) in [6, 6.07) is 8.80. The Hall–Kier alpha value is -0.820. The highest BCUT2D eigenvalue weighted by Gasteiger charge is 1.95. The van der Waals surface area contributed by atoms with Crippen molar-refractivity contribution in [3.05, 3.63) is 35.4 Å². The van der Waals surface area contributed by atoms with Crippen molar-refractivity contribution in [3.63, 3.8) is 0 Å². The van der Waals surface area contributed by atoms with Gasteiger partial charge in [-0.15, -0.1) is 0 Å². The maximum Gasteiger partial charge on any atom is 0.0205 e. The lowest BCUT2D eigenvalue weighted by atomic mass is 10.0. The quantitative estimate of drug-likeness (QED) is 0.287. The Morgan fingerprint density at radius 3 is 1.72 bits per heavy atom. The zero-order valence-corrected chi connectivity index (χ0v) is 17.1. The molecule has 1 aromatic carbocycles. The van der Waals surface area contributed by atoms with Crippen LogP contribution in [0.5, 0.6) is 0 Å². The predicted molar refractivity (Wildman–Crippen MR) is 113 cm³/mol. The van der Waals surface area contributed by atoms with Crippen molar-refractivity contribution in [2.24, 2.45) is 0 Å². The first-order chi connectivity index (χ1) is 12.3. The molecule has 0 aromatic heterocycles. The number of hydrogen-bond acceptors (Lipinski definition) is 1. The number of unbranched alkanes of at least 4 members (excludes halogenated alkanes) is 13. The molecule has 0 saturated carbocycles. The fraction of sp³-hybridized carbons (Fsp3) is 0.750. The minimum atomic E-state index is 1.01. The molecule has 25 heavy (non-hydrogen) atoms. The lowest BCUT2D eigenvalue weighted by Crippen LogP contribution is -2.14. The van der Waals surface area contributed by atoms with Crippen molar-refractivity contribution < 1.29 is 0 Å². The van der Waals surface area contributed by atoms with Gasteiger partial charge in [-0.2, -0.15) is 0 Å². The second-order valence-corrected chi connectivity index (χ2v) is 7.76. The van der Waals surface area contributed by atoms with Crippen LogP contribution in [-0.4, -0.2) is 6.54 Å². The normalized spacial score (nSPS) is 11.1. The van der Waals surface area contributed by atoms with Crippen LogP contribution in [0.3, 0.4) is 0 Å². The molecular formula is C24H43N. The topological polar surface area (TPSA) is 12.0 Å². The van der Waals surface area contributed by atoms with Gasteiger partial charge in [0, 0.05) is 6.54 Å². The molecule has 1 N–H and O–H groups in total. The highest BCUT2D eigenvalue weighted by Crippen LogP contribution is 2.12. The summed E-state index contributed by atoms with van der Waals surface area (Å²) in [5.41, 5.74) is 2.76. The number of hydrogen-bond donors (Lipinski definition) is 1. The van der Waals surface area contributed by atoms with Crippen LogP contribution < -0.4 is 5.32 Å². The van der Waals surface area contributed by atoms with Crippen LogP contribution >= 0.6 is 0 Å². The van der Waals surface area contributed by atoms with Crippen LogP contribution in [0.15, 0.2) is 24.3 Å². The zero-order valence-electron chi connectivity index (χ0n) is 17.1. The van der Waals surface area contributed by atoms with Crippen molar-refractivity contribution in [1.82, 2.24) is 5.32 Å². The summed E-state index contributed by atoms with van der Waals surface area (Å²) in [7, 11) is 0. The smallest absolute Gasteiger partial charge is 0.0205 e. The van der Waals surface area contributed by atoms with E-state index in [0.717, 1.165) is 13.1 Å². The third-order valence-corrected chi connectivity index (χ3v) is 5.12. The Kier molecular flexibility index (Phi) is 14.8. The van der Waals surface area contributed by atoms with E-state index in [-0.39, 0.29) is 0 Å². The molecule has 1 nitrogen and oxygen atoms in total. The third-order valence-electron chi connectivity index (χ3n) is 5.12. The van der Waals surface area contributed by atoms with Crippen molar-refractivity contribution >= 4 is 0 Å². The molecule has 0 amide bonds. The van der Waals surface area contributed by atoms with Crippen LogP contribution in [0.1, 0.15) is 108 Å². The molecule has 0 heterocycles. The van der Waals surface area contributed by atoms with Gasteiger partial charge in [-0.05, 0) is 25.5 Å². The first-order valence-corrected chi connectivity index (χ1v) is 11.1. The van der Waals surface area contributed by atoms with E-state index in [4.69, 9.17) is 0 Å². The van der Waals surface area contributed by atoms with E-state index < -0.39 is 0 Å². The average molecular weight is 346 g/mol. The monoisotopic (exact) mass is 345 g/mol. The van der Waals surface area contributed by atoms with Crippen LogP contribution in [0.25, 0.3) is 0 Å². The van der Waals surface area contributed by atoms with Crippen molar-refractivity contribution in [2.45, 2.75) is 110 Å². The molecule has 0 unspecified atom stereocenters. The lowest BCUT2D eigenvalue weighted by Gasteiger charge is -2.06. The molecule has 0 spiro atoms. The minimum Gasteiger partial charge on any atom is -0.313 e. The summed E-state index contributed by atoms with van der Waals surface area (Å²) < 4.78 is 0. The molecule has 1 aromatic rings. The molecule has 1 rings (SSSR count). The van der Waals surface area contributed by atoms with Gasteiger partial charge in [-0.25, -0.2) is 0 Å². The molecule has 0 aliphatic heterocycles. The van der Waals surface area contributed by atoms with E-state index in [0.29, 0.717) is 0 Å². The van der Waals surface area contributed by atoms with E-state index in [9.17, 15) is 0 Å². The second-order valence-electron chi connectivity index (χ2n) is 7.76. The van der Waals surface area contributed by atoms with Crippen LogP contribution in [-0.2, 0) is 6.54 Å². The van der Waals surface area contributed by atoms with E-state index in [1.54, 1.807) is 0 Å². The number of benzene rings is 1. The maximum atomic E-state index is 3.57. The molecular weight excluding hydrogens is 302 g/mol. The number of rotatable bonds is 17. The van der Waals surface area contributed by atoms with E-state index in [1.165, 1.54) is 101 Å². The maximum absolute atomic E-state index is 3.57. The molecule has 1 heteroatoms. The van der Waals surface area contributed by atoms with Gasteiger partial charge in [0.05, 0.1) is 0 Å². The van der Waals surface area contributed by atoms with Gasteiger partial charge in [-0.3, -0.25) is 0 Å². The first kappa shape index (κ1) is 22.2. The van der Waals surface area contributed by atoms with E-state index >= 15 is 0 Å². The van der Waals surface area contributed by atoms with Gasteiger partial charge in [0.25, 0.3) is 0 Å². The van der Waals surface area contributed by atoms with Gasteiger partial charge in [0.1, 0.15) is 0 Å².